The molecule has 18 heavy (non-hydrogen) atoms. The molecule has 1 fully saturated rings. The van der Waals surface area contributed by atoms with Crippen LogP contribution in [0.4, 0.5) is 0 Å². The second-order valence-electron chi connectivity index (χ2n) is 5.10. The highest BCUT2D eigenvalue weighted by molar-refractivity contribution is 5.29. The average molecular weight is 249 g/mol. The average Bonchev–Trinajstić information content (AvgIpc) is 2.82. The molecular formula is C15H23NO2. The molecule has 0 spiro atoms. The smallest absolute Gasteiger partial charge is 0.119 e. The first kappa shape index (κ1) is 13.4. The Hall–Kier alpha value is -1.06. The van der Waals surface area contributed by atoms with Crippen molar-refractivity contribution in [3.8, 4) is 5.75 Å². The summed E-state index contributed by atoms with van der Waals surface area (Å²) < 4.78 is 11.3. The van der Waals surface area contributed by atoms with Crippen LogP contribution in [0.15, 0.2) is 24.3 Å². The molecule has 1 aliphatic heterocycles. The lowest BCUT2D eigenvalue weighted by molar-refractivity contribution is 0.0903. The van der Waals surface area contributed by atoms with E-state index in [0.717, 1.165) is 31.8 Å². The van der Waals surface area contributed by atoms with Crippen LogP contribution in [0.3, 0.4) is 0 Å². The molecule has 2 N–H and O–H groups in total. The van der Waals surface area contributed by atoms with E-state index < -0.39 is 0 Å². The zero-order chi connectivity index (χ0) is 12.8. The summed E-state index contributed by atoms with van der Waals surface area (Å²) in [6.45, 7) is 3.66. The Bertz CT molecular complexity index is 359. The molecule has 3 nitrogen and oxygen atoms in total. The molecule has 0 radical (unpaired) electrons. The zero-order valence-electron chi connectivity index (χ0n) is 11.1. The normalized spacial score (nSPS) is 20.9. The van der Waals surface area contributed by atoms with Gasteiger partial charge in [-0.05, 0) is 43.9 Å². The number of benzene rings is 1. The third-order valence-corrected chi connectivity index (χ3v) is 3.19. The summed E-state index contributed by atoms with van der Waals surface area (Å²) in [4.78, 5) is 0. The standard InChI is InChI=1S/C15H23NO2/c1-12(16)10-13-4-2-5-15(11-13)18-9-7-14-6-3-8-17-14/h2,4-5,11-12,14H,3,6-10,16H2,1H3. The van der Waals surface area contributed by atoms with Gasteiger partial charge in [0.15, 0.2) is 0 Å². The van der Waals surface area contributed by atoms with Gasteiger partial charge in [0.25, 0.3) is 0 Å². The minimum atomic E-state index is 0.187. The molecule has 1 saturated heterocycles. The van der Waals surface area contributed by atoms with Crippen LogP contribution in [0.1, 0.15) is 31.7 Å². The fraction of sp³-hybridized carbons (Fsp3) is 0.600. The lowest BCUT2D eigenvalue weighted by Gasteiger charge is -2.12. The highest BCUT2D eigenvalue weighted by atomic mass is 16.5. The van der Waals surface area contributed by atoms with Crippen LogP contribution < -0.4 is 10.5 Å². The fourth-order valence-electron chi connectivity index (χ4n) is 2.31. The number of ether oxygens (including phenoxy) is 2. The van der Waals surface area contributed by atoms with Crippen molar-refractivity contribution in [1.82, 2.24) is 0 Å². The molecule has 100 valence electrons. The zero-order valence-corrected chi connectivity index (χ0v) is 11.1. The monoisotopic (exact) mass is 249 g/mol. The molecule has 2 rings (SSSR count). The molecular weight excluding hydrogens is 226 g/mol. The van der Waals surface area contributed by atoms with Crippen LogP contribution in [0, 0.1) is 0 Å². The maximum Gasteiger partial charge on any atom is 0.119 e. The Morgan fingerprint density at radius 3 is 3.11 bits per heavy atom. The van der Waals surface area contributed by atoms with Crippen LogP contribution in [0.25, 0.3) is 0 Å². The minimum absolute atomic E-state index is 0.187. The Morgan fingerprint density at radius 1 is 1.50 bits per heavy atom. The molecule has 1 heterocycles. The molecule has 0 aliphatic carbocycles. The van der Waals surface area contributed by atoms with Crippen LogP contribution in [0.5, 0.6) is 5.75 Å². The number of hydrogen-bond acceptors (Lipinski definition) is 3. The highest BCUT2D eigenvalue weighted by Crippen LogP contribution is 2.18. The van der Waals surface area contributed by atoms with E-state index in [4.69, 9.17) is 15.2 Å². The summed E-state index contributed by atoms with van der Waals surface area (Å²) in [5, 5.41) is 0. The van der Waals surface area contributed by atoms with Gasteiger partial charge in [-0.2, -0.15) is 0 Å². The van der Waals surface area contributed by atoms with Crippen LogP contribution >= 0.6 is 0 Å². The van der Waals surface area contributed by atoms with Gasteiger partial charge in [-0.3, -0.25) is 0 Å². The van der Waals surface area contributed by atoms with Gasteiger partial charge in [-0.15, -0.1) is 0 Å². The van der Waals surface area contributed by atoms with E-state index in [2.05, 4.69) is 12.1 Å². The fourth-order valence-corrected chi connectivity index (χ4v) is 2.31. The first-order valence-corrected chi connectivity index (χ1v) is 6.83. The molecule has 1 aliphatic rings. The van der Waals surface area contributed by atoms with E-state index in [0.29, 0.717) is 6.10 Å². The van der Waals surface area contributed by atoms with Gasteiger partial charge in [0.1, 0.15) is 5.75 Å². The maximum atomic E-state index is 5.80. The lowest BCUT2D eigenvalue weighted by atomic mass is 10.1. The van der Waals surface area contributed by atoms with Gasteiger partial charge in [-0.1, -0.05) is 12.1 Å². The van der Waals surface area contributed by atoms with Gasteiger partial charge < -0.3 is 15.2 Å². The molecule has 1 aromatic rings. The predicted octanol–water partition coefficient (Wildman–Crippen LogP) is 2.52. The molecule has 0 bridgehead atoms. The molecule has 0 amide bonds. The second-order valence-corrected chi connectivity index (χ2v) is 5.10. The van der Waals surface area contributed by atoms with Crippen LogP contribution in [0.2, 0.25) is 0 Å². The van der Waals surface area contributed by atoms with E-state index in [-0.39, 0.29) is 6.04 Å². The van der Waals surface area contributed by atoms with Crippen molar-refractivity contribution < 1.29 is 9.47 Å². The van der Waals surface area contributed by atoms with E-state index in [1.807, 2.05) is 19.1 Å². The minimum Gasteiger partial charge on any atom is -0.493 e. The van der Waals surface area contributed by atoms with Crippen molar-refractivity contribution in [2.75, 3.05) is 13.2 Å². The van der Waals surface area contributed by atoms with E-state index in [1.54, 1.807) is 0 Å². The van der Waals surface area contributed by atoms with E-state index in [9.17, 15) is 0 Å². The summed E-state index contributed by atoms with van der Waals surface area (Å²) in [5.41, 5.74) is 7.04. The van der Waals surface area contributed by atoms with Gasteiger partial charge in [-0.25, -0.2) is 0 Å². The van der Waals surface area contributed by atoms with Crippen LogP contribution in [-0.4, -0.2) is 25.4 Å². The largest absolute Gasteiger partial charge is 0.493 e. The van der Waals surface area contributed by atoms with Crippen molar-refractivity contribution in [3.63, 3.8) is 0 Å². The van der Waals surface area contributed by atoms with Crippen molar-refractivity contribution in [2.45, 2.75) is 44.8 Å². The predicted molar refractivity (Wildman–Crippen MR) is 72.9 cm³/mol. The quantitative estimate of drug-likeness (QED) is 0.842. The Labute approximate surface area is 109 Å². The molecule has 1 aromatic carbocycles. The van der Waals surface area contributed by atoms with Crippen molar-refractivity contribution >= 4 is 0 Å². The van der Waals surface area contributed by atoms with Crippen LogP contribution in [-0.2, 0) is 11.2 Å². The van der Waals surface area contributed by atoms with Crippen molar-refractivity contribution in [1.29, 1.82) is 0 Å². The summed E-state index contributed by atoms with van der Waals surface area (Å²) >= 11 is 0. The third kappa shape index (κ3) is 4.31. The first-order chi connectivity index (χ1) is 8.74. The summed E-state index contributed by atoms with van der Waals surface area (Å²) in [7, 11) is 0. The summed E-state index contributed by atoms with van der Waals surface area (Å²) in [6, 6.07) is 8.39. The topological polar surface area (TPSA) is 44.5 Å². The summed E-state index contributed by atoms with van der Waals surface area (Å²) in [5.74, 6) is 0.936. The Kier molecular flexibility index (Phi) is 5.02. The van der Waals surface area contributed by atoms with Gasteiger partial charge in [0.2, 0.25) is 0 Å². The van der Waals surface area contributed by atoms with E-state index >= 15 is 0 Å². The van der Waals surface area contributed by atoms with E-state index in [1.165, 1.54) is 18.4 Å². The van der Waals surface area contributed by atoms with Gasteiger partial charge in [0, 0.05) is 19.1 Å². The first-order valence-electron chi connectivity index (χ1n) is 6.83. The SMILES string of the molecule is CC(N)Cc1cccc(OCCC2CCCO2)c1. The van der Waals surface area contributed by atoms with Gasteiger partial charge in [0.05, 0.1) is 12.7 Å². The number of hydrogen-bond donors (Lipinski definition) is 1. The molecule has 0 aromatic heterocycles. The highest BCUT2D eigenvalue weighted by Gasteiger charge is 2.14. The molecule has 3 heteroatoms. The van der Waals surface area contributed by atoms with Crippen molar-refractivity contribution in [3.05, 3.63) is 29.8 Å². The van der Waals surface area contributed by atoms with Crippen molar-refractivity contribution in [2.24, 2.45) is 5.73 Å². The van der Waals surface area contributed by atoms with Gasteiger partial charge >= 0.3 is 0 Å². The Balaban J connectivity index is 1.77. The lowest BCUT2D eigenvalue weighted by Crippen LogP contribution is -2.17. The number of nitrogens with two attached hydrogens (primary N) is 1. The Morgan fingerprint density at radius 2 is 2.39 bits per heavy atom. The third-order valence-electron chi connectivity index (χ3n) is 3.19. The molecule has 2 unspecified atom stereocenters. The number of rotatable bonds is 6. The maximum absolute atomic E-state index is 5.80. The molecule has 2 atom stereocenters. The summed E-state index contributed by atoms with van der Waals surface area (Å²) in [6.07, 6.45) is 4.64. The second kappa shape index (κ2) is 6.76. The molecule has 0 saturated carbocycles.